The van der Waals surface area contributed by atoms with Gasteiger partial charge in [0.25, 0.3) is 17.7 Å². The van der Waals surface area contributed by atoms with E-state index in [1.165, 1.54) is 37.3 Å². The lowest BCUT2D eigenvalue weighted by Gasteiger charge is -2.20. The number of nitrogens with zero attached hydrogens (tertiary/aromatic N) is 2. The first-order valence-corrected chi connectivity index (χ1v) is 9.65. The van der Waals surface area contributed by atoms with Gasteiger partial charge < -0.3 is 9.64 Å². The van der Waals surface area contributed by atoms with E-state index in [9.17, 15) is 23.6 Å². The summed E-state index contributed by atoms with van der Waals surface area (Å²) < 4.78 is 18.4. The minimum atomic E-state index is -0.947. The third kappa shape index (κ3) is 3.45. The smallest absolute Gasteiger partial charge is 0.338 e. The molecule has 1 atom stereocenters. The number of halogens is 1. The Kier molecular flexibility index (Phi) is 5.07. The molecular formula is C22H19FN2O5. The molecule has 2 aromatic carbocycles. The van der Waals surface area contributed by atoms with Crippen LogP contribution in [-0.4, -0.2) is 47.8 Å². The van der Waals surface area contributed by atoms with Crippen LogP contribution in [0.5, 0.6) is 0 Å². The highest BCUT2D eigenvalue weighted by Gasteiger charge is 2.37. The number of hydrogen-bond acceptors (Lipinski definition) is 5. The van der Waals surface area contributed by atoms with Crippen molar-refractivity contribution < 1.29 is 28.3 Å². The number of hydrogen-bond donors (Lipinski definition) is 0. The fraction of sp³-hybridized carbons (Fsp3) is 0.273. The Labute approximate surface area is 172 Å². The van der Waals surface area contributed by atoms with Gasteiger partial charge in [-0.3, -0.25) is 14.4 Å². The van der Waals surface area contributed by atoms with Gasteiger partial charge in [-0.25, -0.2) is 14.1 Å². The average molecular weight is 410 g/mol. The number of ether oxygens (including phenoxy) is 1. The molecule has 1 fully saturated rings. The van der Waals surface area contributed by atoms with Crippen molar-refractivity contribution in [1.82, 2.24) is 4.90 Å². The molecule has 0 bridgehead atoms. The number of imide groups is 1. The summed E-state index contributed by atoms with van der Waals surface area (Å²) in [7, 11) is 0. The van der Waals surface area contributed by atoms with Crippen LogP contribution in [0.1, 0.15) is 50.8 Å². The van der Waals surface area contributed by atoms with Gasteiger partial charge in [-0.1, -0.05) is 0 Å². The van der Waals surface area contributed by atoms with E-state index in [1.807, 2.05) is 0 Å². The van der Waals surface area contributed by atoms with Gasteiger partial charge in [0, 0.05) is 13.1 Å². The summed E-state index contributed by atoms with van der Waals surface area (Å²) in [5, 5.41) is 0. The number of carbonyl (C=O) groups excluding carboxylic acids is 4. The molecule has 2 aromatic rings. The molecular weight excluding hydrogens is 391 g/mol. The quantitative estimate of drug-likeness (QED) is 0.572. The maximum Gasteiger partial charge on any atom is 0.338 e. The number of rotatable bonds is 4. The lowest BCUT2D eigenvalue weighted by Crippen LogP contribution is -2.38. The number of esters is 1. The SMILES string of the molecule is CC(OC(=O)c1ccc2c(c1)C(=O)N(c1ccc(F)cc1)C2=O)C(=O)N1CCCC1. The summed E-state index contributed by atoms with van der Waals surface area (Å²) >= 11 is 0. The molecule has 1 saturated heterocycles. The molecule has 8 heteroatoms. The zero-order valence-electron chi connectivity index (χ0n) is 16.3. The first-order chi connectivity index (χ1) is 14.4. The molecule has 0 aliphatic carbocycles. The van der Waals surface area contributed by atoms with Crippen molar-refractivity contribution in [2.75, 3.05) is 18.0 Å². The predicted octanol–water partition coefficient (Wildman–Crippen LogP) is 2.79. The number of carbonyl (C=O) groups is 4. The second-order valence-corrected chi connectivity index (χ2v) is 7.26. The lowest BCUT2D eigenvalue weighted by molar-refractivity contribution is -0.138. The van der Waals surface area contributed by atoms with Crippen molar-refractivity contribution in [2.45, 2.75) is 25.9 Å². The number of fused-ring (bicyclic) bond motifs is 1. The maximum absolute atomic E-state index is 13.2. The lowest BCUT2D eigenvalue weighted by atomic mass is 10.1. The topological polar surface area (TPSA) is 84.0 Å². The van der Waals surface area contributed by atoms with Crippen molar-refractivity contribution in [3.8, 4) is 0 Å². The molecule has 154 valence electrons. The van der Waals surface area contributed by atoms with Crippen LogP contribution in [0.4, 0.5) is 10.1 Å². The van der Waals surface area contributed by atoms with Gasteiger partial charge in [-0.05, 0) is 62.2 Å². The standard InChI is InChI=1S/C22H19FN2O5/c1-13(19(26)24-10-2-3-11-24)30-22(29)14-4-9-17-18(12-14)21(28)25(20(17)27)16-7-5-15(23)6-8-16/h4-9,12-13H,2-3,10-11H2,1H3. The minimum Gasteiger partial charge on any atom is -0.449 e. The number of anilines is 1. The highest BCUT2D eigenvalue weighted by Crippen LogP contribution is 2.29. The Hall–Kier alpha value is -3.55. The number of amides is 3. The van der Waals surface area contributed by atoms with Gasteiger partial charge in [0.05, 0.1) is 22.4 Å². The molecule has 7 nitrogen and oxygen atoms in total. The first-order valence-electron chi connectivity index (χ1n) is 9.65. The Balaban J connectivity index is 1.53. The zero-order valence-corrected chi connectivity index (χ0v) is 16.3. The fourth-order valence-corrected chi connectivity index (χ4v) is 3.67. The van der Waals surface area contributed by atoms with Crippen LogP contribution in [0.25, 0.3) is 0 Å². The van der Waals surface area contributed by atoms with E-state index in [0.717, 1.165) is 29.9 Å². The van der Waals surface area contributed by atoms with Crippen molar-refractivity contribution in [2.24, 2.45) is 0 Å². The third-order valence-electron chi connectivity index (χ3n) is 5.26. The van der Waals surface area contributed by atoms with Crippen LogP contribution in [0, 0.1) is 5.82 Å². The Morgan fingerprint density at radius 2 is 1.60 bits per heavy atom. The summed E-state index contributed by atoms with van der Waals surface area (Å²) in [4.78, 5) is 52.8. The van der Waals surface area contributed by atoms with E-state index < -0.39 is 29.7 Å². The molecule has 2 aliphatic rings. The predicted molar refractivity (Wildman–Crippen MR) is 105 cm³/mol. The van der Waals surface area contributed by atoms with Gasteiger partial charge in [0.15, 0.2) is 6.10 Å². The summed E-state index contributed by atoms with van der Waals surface area (Å²) in [6.45, 7) is 2.81. The molecule has 0 N–H and O–H groups in total. The molecule has 2 heterocycles. The van der Waals surface area contributed by atoms with E-state index in [0.29, 0.717) is 13.1 Å². The van der Waals surface area contributed by atoms with Crippen LogP contribution in [0.15, 0.2) is 42.5 Å². The van der Waals surface area contributed by atoms with Gasteiger partial charge >= 0.3 is 5.97 Å². The monoisotopic (exact) mass is 410 g/mol. The van der Waals surface area contributed by atoms with Crippen LogP contribution in [-0.2, 0) is 9.53 Å². The molecule has 0 aromatic heterocycles. The molecule has 0 radical (unpaired) electrons. The normalized spacial score (nSPS) is 16.6. The Morgan fingerprint density at radius 1 is 0.967 bits per heavy atom. The van der Waals surface area contributed by atoms with Gasteiger partial charge in [0.2, 0.25) is 0 Å². The summed E-state index contributed by atoms with van der Waals surface area (Å²) in [5.41, 5.74) is 0.493. The van der Waals surface area contributed by atoms with Gasteiger partial charge in [-0.15, -0.1) is 0 Å². The Morgan fingerprint density at radius 3 is 2.27 bits per heavy atom. The number of likely N-dealkylation sites (tertiary alicyclic amines) is 1. The molecule has 0 saturated carbocycles. The summed E-state index contributed by atoms with van der Waals surface area (Å²) in [6.07, 6.45) is 0.910. The third-order valence-corrected chi connectivity index (χ3v) is 5.26. The summed E-state index contributed by atoms with van der Waals surface area (Å²) in [5.74, 6) is -2.66. The molecule has 2 aliphatic heterocycles. The first kappa shape index (κ1) is 19.8. The highest BCUT2D eigenvalue weighted by atomic mass is 19.1. The molecule has 3 amide bonds. The Bertz CT molecular complexity index is 1040. The minimum absolute atomic E-state index is 0.0531. The fourth-order valence-electron chi connectivity index (χ4n) is 3.67. The zero-order chi connectivity index (χ0) is 21.4. The summed E-state index contributed by atoms with van der Waals surface area (Å²) in [6, 6.07) is 9.02. The van der Waals surface area contributed by atoms with E-state index in [-0.39, 0.29) is 28.3 Å². The van der Waals surface area contributed by atoms with Crippen molar-refractivity contribution >= 4 is 29.4 Å². The van der Waals surface area contributed by atoms with Crippen molar-refractivity contribution in [3.05, 3.63) is 65.0 Å². The molecule has 1 unspecified atom stereocenters. The molecule has 0 spiro atoms. The van der Waals surface area contributed by atoms with Crippen LogP contribution >= 0.6 is 0 Å². The largest absolute Gasteiger partial charge is 0.449 e. The van der Waals surface area contributed by atoms with Gasteiger partial charge in [-0.2, -0.15) is 0 Å². The van der Waals surface area contributed by atoms with Crippen LogP contribution in [0.2, 0.25) is 0 Å². The van der Waals surface area contributed by atoms with E-state index >= 15 is 0 Å². The van der Waals surface area contributed by atoms with E-state index in [4.69, 9.17) is 4.74 Å². The van der Waals surface area contributed by atoms with E-state index in [1.54, 1.807) is 4.90 Å². The maximum atomic E-state index is 13.2. The van der Waals surface area contributed by atoms with E-state index in [2.05, 4.69) is 0 Å². The molecule has 30 heavy (non-hydrogen) atoms. The second kappa shape index (κ2) is 7.70. The number of benzene rings is 2. The molecule has 4 rings (SSSR count). The second-order valence-electron chi connectivity index (χ2n) is 7.26. The highest BCUT2D eigenvalue weighted by molar-refractivity contribution is 6.34. The average Bonchev–Trinajstić information content (AvgIpc) is 3.36. The van der Waals surface area contributed by atoms with Crippen LogP contribution < -0.4 is 4.90 Å². The van der Waals surface area contributed by atoms with Crippen molar-refractivity contribution in [3.63, 3.8) is 0 Å². The van der Waals surface area contributed by atoms with Crippen molar-refractivity contribution in [1.29, 1.82) is 0 Å². The van der Waals surface area contributed by atoms with Gasteiger partial charge in [0.1, 0.15) is 5.82 Å². The van der Waals surface area contributed by atoms with Crippen LogP contribution in [0.3, 0.4) is 0 Å².